The van der Waals surface area contributed by atoms with Crippen LogP contribution < -0.4 is 5.32 Å². The molecule has 0 radical (unpaired) electrons. The zero-order valence-electron chi connectivity index (χ0n) is 12.0. The van der Waals surface area contributed by atoms with Crippen molar-refractivity contribution in [3.8, 4) is 0 Å². The Kier molecular flexibility index (Phi) is 4.23. The highest BCUT2D eigenvalue weighted by Gasteiger charge is 2.30. The van der Waals surface area contributed by atoms with E-state index >= 15 is 0 Å². The third-order valence-corrected chi connectivity index (χ3v) is 3.63. The Hall–Kier alpha value is -1.52. The van der Waals surface area contributed by atoms with Gasteiger partial charge in [-0.05, 0) is 43.7 Å². The smallest absolute Gasteiger partial charge is 0.118 e. The van der Waals surface area contributed by atoms with Crippen molar-refractivity contribution in [2.24, 2.45) is 0 Å². The predicted molar refractivity (Wildman–Crippen MR) is 77.1 cm³/mol. The Morgan fingerprint density at radius 2 is 1.95 bits per heavy atom. The van der Waals surface area contributed by atoms with Gasteiger partial charge in [0.1, 0.15) is 17.3 Å². The van der Waals surface area contributed by atoms with E-state index in [-0.39, 0.29) is 0 Å². The van der Waals surface area contributed by atoms with E-state index in [0.29, 0.717) is 6.04 Å². The second-order valence-electron chi connectivity index (χ2n) is 5.36. The predicted octanol–water partition coefficient (Wildman–Crippen LogP) is 3.15. The lowest BCUT2D eigenvalue weighted by Gasteiger charge is -2.19. The molecule has 0 saturated heterocycles. The maximum Gasteiger partial charge on any atom is 0.118 e. The summed E-state index contributed by atoms with van der Waals surface area (Å²) >= 11 is 0. The first-order valence-corrected chi connectivity index (χ1v) is 7.40. The molecular formula is C16H22N2O2. The van der Waals surface area contributed by atoms with Crippen molar-refractivity contribution in [3.05, 3.63) is 47.8 Å². The second kappa shape index (κ2) is 6.29. The van der Waals surface area contributed by atoms with Crippen molar-refractivity contribution in [3.63, 3.8) is 0 Å². The molecule has 0 amide bonds. The van der Waals surface area contributed by atoms with Gasteiger partial charge < -0.3 is 14.2 Å². The van der Waals surface area contributed by atoms with E-state index in [9.17, 15) is 0 Å². The first-order valence-electron chi connectivity index (χ1n) is 7.40. The molecule has 4 nitrogen and oxygen atoms in total. The average molecular weight is 274 g/mol. The van der Waals surface area contributed by atoms with E-state index in [2.05, 4.69) is 29.3 Å². The highest BCUT2D eigenvalue weighted by Crippen LogP contribution is 2.30. The molecule has 0 spiro atoms. The normalized spacial score (nSPS) is 15.1. The number of hydrogen-bond acceptors (Lipinski definition) is 4. The Morgan fingerprint density at radius 3 is 2.65 bits per heavy atom. The van der Waals surface area contributed by atoms with Crippen LogP contribution in [0.1, 0.15) is 37.0 Å². The third kappa shape index (κ3) is 3.52. The van der Waals surface area contributed by atoms with E-state index in [1.165, 1.54) is 12.8 Å². The average Bonchev–Trinajstić information content (AvgIpc) is 3.00. The molecule has 0 aliphatic heterocycles. The monoisotopic (exact) mass is 274 g/mol. The van der Waals surface area contributed by atoms with Crippen LogP contribution in [0.2, 0.25) is 0 Å². The first kappa shape index (κ1) is 13.5. The summed E-state index contributed by atoms with van der Waals surface area (Å²) in [6.07, 6.45) is 4.30. The molecule has 20 heavy (non-hydrogen) atoms. The van der Waals surface area contributed by atoms with Gasteiger partial charge in [0.15, 0.2) is 0 Å². The van der Waals surface area contributed by atoms with Gasteiger partial charge in [-0.2, -0.15) is 0 Å². The summed E-state index contributed by atoms with van der Waals surface area (Å²) in [5, 5.41) is 3.28. The molecule has 0 unspecified atom stereocenters. The molecule has 108 valence electrons. The van der Waals surface area contributed by atoms with Crippen LogP contribution in [0.25, 0.3) is 0 Å². The molecule has 1 aliphatic rings. The number of rotatable bonds is 8. The molecule has 1 fully saturated rings. The zero-order chi connectivity index (χ0) is 13.8. The fourth-order valence-electron chi connectivity index (χ4n) is 2.41. The maximum atomic E-state index is 5.88. The van der Waals surface area contributed by atoms with Crippen molar-refractivity contribution in [1.82, 2.24) is 10.2 Å². The Bertz CT molecular complexity index is 514. The standard InChI is InChI=1S/C16H22N2O2/c1-2-17-10-14-7-8-16(20-14)12-18(13-5-6-13)11-15-4-3-9-19-15/h3-4,7-9,13,17H,2,5-6,10-12H2,1H3. The van der Waals surface area contributed by atoms with Crippen LogP contribution in [0.5, 0.6) is 0 Å². The fourth-order valence-corrected chi connectivity index (χ4v) is 2.41. The molecule has 2 aromatic heterocycles. The molecule has 2 heterocycles. The summed E-state index contributed by atoms with van der Waals surface area (Å²) in [5.74, 6) is 3.07. The molecule has 1 saturated carbocycles. The van der Waals surface area contributed by atoms with Crippen molar-refractivity contribution >= 4 is 0 Å². The van der Waals surface area contributed by atoms with Crippen LogP contribution in [-0.4, -0.2) is 17.5 Å². The molecule has 2 aromatic rings. The van der Waals surface area contributed by atoms with Crippen molar-refractivity contribution in [2.45, 2.75) is 45.4 Å². The summed E-state index contributed by atoms with van der Waals surface area (Å²) in [6, 6.07) is 8.82. The molecule has 1 aliphatic carbocycles. The van der Waals surface area contributed by atoms with Gasteiger partial charge in [-0.15, -0.1) is 0 Å². The molecule has 4 heteroatoms. The van der Waals surface area contributed by atoms with E-state index in [4.69, 9.17) is 8.83 Å². The van der Waals surface area contributed by atoms with Crippen LogP contribution in [0.3, 0.4) is 0 Å². The SMILES string of the molecule is CCNCc1ccc(CN(Cc2ccco2)C2CC2)o1. The van der Waals surface area contributed by atoms with Gasteiger partial charge in [-0.25, -0.2) is 0 Å². The number of nitrogens with zero attached hydrogens (tertiary/aromatic N) is 1. The van der Waals surface area contributed by atoms with E-state index in [0.717, 1.165) is 43.5 Å². The lowest BCUT2D eigenvalue weighted by Crippen LogP contribution is -2.24. The van der Waals surface area contributed by atoms with Gasteiger partial charge >= 0.3 is 0 Å². The molecular weight excluding hydrogens is 252 g/mol. The van der Waals surface area contributed by atoms with E-state index in [1.807, 2.05) is 12.1 Å². The molecule has 0 bridgehead atoms. The van der Waals surface area contributed by atoms with Gasteiger partial charge in [0.2, 0.25) is 0 Å². The van der Waals surface area contributed by atoms with Crippen molar-refractivity contribution in [1.29, 1.82) is 0 Å². The Labute approximate surface area is 119 Å². The minimum absolute atomic E-state index is 0.683. The lowest BCUT2D eigenvalue weighted by molar-refractivity contribution is 0.206. The summed E-state index contributed by atoms with van der Waals surface area (Å²) in [5.41, 5.74) is 0. The fraction of sp³-hybridized carbons (Fsp3) is 0.500. The molecule has 3 rings (SSSR count). The molecule has 0 aromatic carbocycles. The highest BCUT2D eigenvalue weighted by atomic mass is 16.3. The van der Waals surface area contributed by atoms with Gasteiger partial charge in [-0.3, -0.25) is 4.90 Å². The lowest BCUT2D eigenvalue weighted by atomic mass is 10.3. The Morgan fingerprint density at radius 1 is 1.15 bits per heavy atom. The van der Waals surface area contributed by atoms with Gasteiger partial charge in [0, 0.05) is 6.04 Å². The minimum Gasteiger partial charge on any atom is -0.468 e. The van der Waals surface area contributed by atoms with Crippen molar-refractivity contribution < 1.29 is 8.83 Å². The summed E-state index contributed by atoms with van der Waals surface area (Å²) < 4.78 is 11.3. The second-order valence-corrected chi connectivity index (χ2v) is 5.36. The van der Waals surface area contributed by atoms with Crippen LogP contribution in [0.4, 0.5) is 0 Å². The quantitative estimate of drug-likeness (QED) is 0.803. The Balaban J connectivity index is 1.59. The van der Waals surface area contributed by atoms with Gasteiger partial charge in [0.25, 0.3) is 0 Å². The van der Waals surface area contributed by atoms with Gasteiger partial charge in [0.05, 0.1) is 25.9 Å². The van der Waals surface area contributed by atoms with Crippen molar-refractivity contribution in [2.75, 3.05) is 6.54 Å². The summed E-state index contributed by atoms with van der Waals surface area (Å²) in [7, 11) is 0. The summed E-state index contributed by atoms with van der Waals surface area (Å²) in [6.45, 7) is 5.58. The van der Waals surface area contributed by atoms with E-state index < -0.39 is 0 Å². The number of nitrogens with one attached hydrogen (secondary N) is 1. The van der Waals surface area contributed by atoms with Crippen LogP contribution in [0, 0.1) is 0 Å². The van der Waals surface area contributed by atoms with Gasteiger partial charge in [-0.1, -0.05) is 6.92 Å². The number of hydrogen-bond donors (Lipinski definition) is 1. The van der Waals surface area contributed by atoms with Crippen LogP contribution >= 0.6 is 0 Å². The first-order chi connectivity index (χ1) is 9.85. The molecule has 1 N–H and O–H groups in total. The van der Waals surface area contributed by atoms with Crippen LogP contribution in [-0.2, 0) is 19.6 Å². The minimum atomic E-state index is 0.683. The zero-order valence-corrected chi connectivity index (χ0v) is 12.0. The van der Waals surface area contributed by atoms with E-state index in [1.54, 1.807) is 6.26 Å². The molecule has 0 atom stereocenters. The third-order valence-electron chi connectivity index (χ3n) is 3.63. The maximum absolute atomic E-state index is 5.88. The topological polar surface area (TPSA) is 41.5 Å². The number of furan rings is 2. The summed E-state index contributed by atoms with van der Waals surface area (Å²) in [4.78, 5) is 2.44. The van der Waals surface area contributed by atoms with Crippen LogP contribution in [0.15, 0.2) is 39.4 Å². The largest absolute Gasteiger partial charge is 0.468 e. The highest BCUT2D eigenvalue weighted by molar-refractivity contribution is 5.08.